The molecule has 0 aromatic carbocycles. The Labute approximate surface area is 116 Å². The van der Waals surface area contributed by atoms with Gasteiger partial charge in [0.1, 0.15) is 5.82 Å². The fraction of sp³-hybridized carbons (Fsp3) is 0.385. The average Bonchev–Trinajstić information content (AvgIpc) is 3.17. The molecule has 1 N–H and O–H groups in total. The Morgan fingerprint density at radius 2 is 2.30 bits per heavy atom. The number of carbonyl (C=O) groups is 1. The number of amides is 1. The first-order valence-corrected chi connectivity index (χ1v) is 6.48. The summed E-state index contributed by atoms with van der Waals surface area (Å²) < 4.78 is 5.09. The van der Waals surface area contributed by atoms with Gasteiger partial charge in [-0.05, 0) is 12.8 Å². The van der Waals surface area contributed by atoms with E-state index >= 15 is 0 Å². The van der Waals surface area contributed by atoms with Crippen LogP contribution in [0.4, 0.5) is 5.82 Å². The second-order valence-corrected chi connectivity index (χ2v) is 4.60. The Balaban J connectivity index is 1.86. The van der Waals surface area contributed by atoms with Crippen molar-refractivity contribution in [2.45, 2.75) is 18.9 Å². The van der Waals surface area contributed by atoms with Crippen LogP contribution in [0.1, 0.15) is 35.1 Å². The van der Waals surface area contributed by atoms with Gasteiger partial charge < -0.3 is 14.6 Å². The summed E-state index contributed by atoms with van der Waals surface area (Å²) in [4.78, 5) is 26.6. The van der Waals surface area contributed by atoms with Crippen LogP contribution in [0.5, 0.6) is 0 Å². The molecule has 0 spiro atoms. The Morgan fingerprint density at radius 3 is 3.05 bits per heavy atom. The van der Waals surface area contributed by atoms with Gasteiger partial charge in [0.05, 0.1) is 30.3 Å². The molecule has 1 saturated heterocycles. The van der Waals surface area contributed by atoms with Crippen LogP contribution in [0.25, 0.3) is 0 Å². The van der Waals surface area contributed by atoms with E-state index in [0.717, 1.165) is 18.5 Å². The van der Waals surface area contributed by atoms with Crippen molar-refractivity contribution in [2.24, 2.45) is 0 Å². The summed E-state index contributed by atoms with van der Waals surface area (Å²) in [6.45, 7) is 0.690. The van der Waals surface area contributed by atoms with Gasteiger partial charge in [-0.3, -0.25) is 9.78 Å². The van der Waals surface area contributed by atoms with E-state index in [-0.39, 0.29) is 17.7 Å². The number of rotatable bonds is 3. The van der Waals surface area contributed by atoms with E-state index in [1.54, 1.807) is 24.3 Å². The molecule has 104 valence electrons. The number of oxazole rings is 1. The maximum atomic E-state index is 12.4. The fourth-order valence-electron chi connectivity index (χ4n) is 2.44. The smallest absolute Gasteiger partial charge is 0.291 e. The molecular formula is C13H15N5O2. The second kappa shape index (κ2) is 5.28. The number of nitrogens with zero attached hydrogens (tertiary/aromatic N) is 4. The molecule has 20 heavy (non-hydrogen) atoms. The predicted octanol–water partition coefficient (Wildman–Crippen LogP) is 1.48. The van der Waals surface area contributed by atoms with Gasteiger partial charge in [-0.15, -0.1) is 0 Å². The average molecular weight is 273 g/mol. The molecule has 3 heterocycles. The normalized spacial score (nSPS) is 18.2. The fourth-order valence-corrected chi connectivity index (χ4v) is 2.44. The number of likely N-dealkylation sites (tertiary alicyclic amines) is 1. The van der Waals surface area contributed by atoms with E-state index in [1.165, 1.54) is 12.6 Å². The molecular weight excluding hydrogens is 258 g/mol. The van der Waals surface area contributed by atoms with Crippen molar-refractivity contribution in [3.63, 3.8) is 0 Å². The highest BCUT2D eigenvalue weighted by atomic mass is 16.3. The van der Waals surface area contributed by atoms with Gasteiger partial charge in [-0.2, -0.15) is 0 Å². The summed E-state index contributed by atoms with van der Waals surface area (Å²) in [7, 11) is 1.79. The van der Waals surface area contributed by atoms with Gasteiger partial charge in [0.2, 0.25) is 5.76 Å². The van der Waals surface area contributed by atoms with Crippen molar-refractivity contribution in [1.82, 2.24) is 19.9 Å². The van der Waals surface area contributed by atoms with Gasteiger partial charge in [0.25, 0.3) is 5.91 Å². The van der Waals surface area contributed by atoms with Gasteiger partial charge in [-0.25, -0.2) is 9.97 Å². The van der Waals surface area contributed by atoms with Gasteiger partial charge in [-0.1, -0.05) is 0 Å². The summed E-state index contributed by atoms with van der Waals surface area (Å²) in [5.41, 5.74) is 0.794. The van der Waals surface area contributed by atoms with Crippen LogP contribution in [0.3, 0.4) is 0 Å². The minimum Gasteiger partial charge on any atom is -0.438 e. The highest BCUT2D eigenvalue weighted by molar-refractivity contribution is 5.91. The van der Waals surface area contributed by atoms with Crippen LogP contribution >= 0.6 is 0 Å². The molecule has 0 aliphatic carbocycles. The minimum atomic E-state index is -0.151. The Hall–Kier alpha value is -2.44. The van der Waals surface area contributed by atoms with Crippen molar-refractivity contribution >= 4 is 11.7 Å². The number of aromatic nitrogens is 3. The Bertz CT molecular complexity index is 599. The lowest BCUT2D eigenvalue weighted by Crippen LogP contribution is -2.30. The zero-order valence-corrected chi connectivity index (χ0v) is 11.1. The monoisotopic (exact) mass is 273 g/mol. The van der Waals surface area contributed by atoms with E-state index in [4.69, 9.17) is 4.42 Å². The third-order valence-corrected chi connectivity index (χ3v) is 3.41. The van der Waals surface area contributed by atoms with Crippen LogP contribution < -0.4 is 5.32 Å². The first-order valence-electron chi connectivity index (χ1n) is 6.48. The molecule has 7 nitrogen and oxygen atoms in total. The maximum Gasteiger partial charge on any atom is 0.291 e. The largest absolute Gasteiger partial charge is 0.438 e. The van der Waals surface area contributed by atoms with Crippen LogP contribution in [0.2, 0.25) is 0 Å². The SMILES string of the molecule is CNc1cncc([C@H]2CCCN2C(=O)c2cnco2)n1. The standard InChI is InChI=1S/C13H15N5O2/c1-14-12-7-15-5-9(17-12)10-3-2-4-18(10)13(19)11-6-16-8-20-11/h5-8,10H,2-4H2,1H3,(H,14,17)/t10-/m1/s1. The molecule has 0 unspecified atom stereocenters. The molecule has 1 atom stereocenters. The lowest BCUT2D eigenvalue weighted by atomic mass is 10.1. The Morgan fingerprint density at radius 1 is 1.40 bits per heavy atom. The molecule has 0 saturated carbocycles. The van der Waals surface area contributed by atoms with Crippen molar-refractivity contribution in [3.05, 3.63) is 36.4 Å². The topological polar surface area (TPSA) is 84.2 Å². The molecule has 3 rings (SSSR count). The molecule has 1 aliphatic rings. The first-order chi connectivity index (χ1) is 9.79. The summed E-state index contributed by atoms with van der Waals surface area (Å²) in [5, 5.41) is 2.96. The lowest BCUT2D eigenvalue weighted by molar-refractivity contribution is 0.0700. The first kappa shape index (κ1) is 12.6. The zero-order valence-electron chi connectivity index (χ0n) is 11.1. The lowest BCUT2D eigenvalue weighted by Gasteiger charge is -2.23. The highest BCUT2D eigenvalue weighted by Gasteiger charge is 2.33. The molecule has 1 aliphatic heterocycles. The molecule has 1 amide bonds. The number of anilines is 1. The molecule has 0 radical (unpaired) electrons. The maximum absolute atomic E-state index is 12.4. The molecule has 7 heteroatoms. The van der Waals surface area contributed by atoms with E-state index < -0.39 is 0 Å². The molecule has 0 bridgehead atoms. The summed E-state index contributed by atoms with van der Waals surface area (Å²) >= 11 is 0. The number of hydrogen-bond acceptors (Lipinski definition) is 6. The van der Waals surface area contributed by atoms with Crippen molar-refractivity contribution in [3.8, 4) is 0 Å². The molecule has 1 fully saturated rings. The van der Waals surface area contributed by atoms with Crippen LogP contribution in [0, 0.1) is 0 Å². The molecule has 2 aromatic heterocycles. The van der Waals surface area contributed by atoms with Gasteiger partial charge in [0.15, 0.2) is 6.39 Å². The number of hydrogen-bond donors (Lipinski definition) is 1. The third kappa shape index (κ3) is 2.22. The van der Waals surface area contributed by atoms with Crippen molar-refractivity contribution in [2.75, 3.05) is 18.9 Å². The van der Waals surface area contributed by atoms with Crippen LogP contribution in [-0.2, 0) is 0 Å². The van der Waals surface area contributed by atoms with Gasteiger partial charge in [0, 0.05) is 13.6 Å². The Kier molecular flexibility index (Phi) is 3.32. The van der Waals surface area contributed by atoms with Crippen molar-refractivity contribution < 1.29 is 9.21 Å². The van der Waals surface area contributed by atoms with E-state index in [0.29, 0.717) is 12.4 Å². The van der Waals surface area contributed by atoms with Gasteiger partial charge >= 0.3 is 0 Å². The van der Waals surface area contributed by atoms with E-state index in [1.807, 2.05) is 0 Å². The van der Waals surface area contributed by atoms with E-state index in [9.17, 15) is 4.79 Å². The van der Waals surface area contributed by atoms with Crippen LogP contribution in [0.15, 0.2) is 29.4 Å². The number of nitrogens with one attached hydrogen (secondary N) is 1. The molecule has 2 aromatic rings. The zero-order chi connectivity index (χ0) is 13.9. The quantitative estimate of drug-likeness (QED) is 0.912. The summed E-state index contributed by atoms with van der Waals surface area (Å²) in [5.74, 6) is 0.803. The predicted molar refractivity (Wildman–Crippen MR) is 71.1 cm³/mol. The minimum absolute atomic E-state index is 0.0617. The summed E-state index contributed by atoms with van der Waals surface area (Å²) in [6, 6.07) is -0.0617. The van der Waals surface area contributed by atoms with E-state index in [2.05, 4.69) is 20.3 Å². The van der Waals surface area contributed by atoms with Crippen molar-refractivity contribution in [1.29, 1.82) is 0 Å². The second-order valence-electron chi connectivity index (χ2n) is 4.60. The summed E-state index contributed by atoms with van der Waals surface area (Å²) in [6.07, 6.45) is 7.88. The number of carbonyl (C=O) groups excluding carboxylic acids is 1. The van der Waals surface area contributed by atoms with Crippen LogP contribution in [-0.4, -0.2) is 39.4 Å². The third-order valence-electron chi connectivity index (χ3n) is 3.41. The highest BCUT2D eigenvalue weighted by Crippen LogP contribution is 2.32.